The Hall–Kier alpha value is 0.270. The normalized spacial score (nSPS) is 38.2. The Balaban J connectivity index is 2.22. The second kappa shape index (κ2) is 2.71. The third-order valence-corrected chi connectivity index (χ3v) is 2.65. The molecular weight excluding hydrogens is 124 g/mol. The van der Waals surface area contributed by atoms with Gasteiger partial charge in [-0.05, 0) is 6.42 Å². The maximum absolute atomic E-state index is 8.90. The second-order valence-corrected chi connectivity index (χ2v) is 3.36. The molecule has 48 valence electrons. The third kappa shape index (κ3) is 1.37. The highest BCUT2D eigenvalue weighted by Gasteiger charge is 2.21. The Morgan fingerprint density at radius 1 is 1.62 bits per heavy atom. The van der Waals surface area contributed by atoms with E-state index in [4.69, 9.17) is 10.2 Å². The van der Waals surface area contributed by atoms with Crippen molar-refractivity contribution in [3.8, 4) is 0 Å². The van der Waals surface area contributed by atoms with E-state index in [-0.39, 0.29) is 12.7 Å². The van der Waals surface area contributed by atoms with Gasteiger partial charge in [-0.3, -0.25) is 0 Å². The minimum atomic E-state index is -0.169. The predicted molar refractivity (Wildman–Crippen MR) is 34.0 cm³/mol. The molecule has 1 rings (SSSR count). The topological polar surface area (TPSA) is 40.5 Å². The zero-order valence-corrected chi connectivity index (χ0v) is 5.40. The van der Waals surface area contributed by atoms with E-state index in [9.17, 15) is 0 Å². The largest absolute Gasteiger partial charge is 0.395 e. The molecule has 0 aliphatic carbocycles. The van der Waals surface area contributed by atoms with Gasteiger partial charge in [-0.15, -0.1) is 0 Å². The van der Waals surface area contributed by atoms with Gasteiger partial charge in [0, 0.05) is 11.0 Å². The quantitative estimate of drug-likeness (QED) is 0.524. The van der Waals surface area contributed by atoms with Crippen LogP contribution < -0.4 is 0 Å². The van der Waals surface area contributed by atoms with Gasteiger partial charge in [0.25, 0.3) is 0 Å². The van der Waals surface area contributed by atoms with Crippen LogP contribution in [0.4, 0.5) is 0 Å². The number of aliphatic hydroxyl groups excluding tert-OH is 2. The van der Waals surface area contributed by atoms with Gasteiger partial charge in [0.05, 0.1) is 12.7 Å². The van der Waals surface area contributed by atoms with E-state index in [1.807, 2.05) is 0 Å². The molecule has 1 heterocycles. The molecule has 0 saturated carbocycles. The molecule has 0 bridgehead atoms. The summed E-state index contributed by atoms with van der Waals surface area (Å²) < 4.78 is 0. The van der Waals surface area contributed by atoms with Gasteiger partial charge in [-0.25, -0.2) is 0 Å². The summed E-state index contributed by atoms with van der Waals surface area (Å²) in [6.45, 7) is 0.210. The smallest absolute Gasteiger partial charge is 0.0642 e. The fourth-order valence-electron chi connectivity index (χ4n) is 0.814. The first-order valence-corrected chi connectivity index (χ1v) is 3.78. The highest BCUT2D eigenvalue weighted by Crippen LogP contribution is 2.25. The average molecular weight is 134 g/mol. The van der Waals surface area contributed by atoms with Gasteiger partial charge in [-0.2, -0.15) is 11.8 Å². The van der Waals surface area contributed by atoms with Crippen LogP contribution in [0.25, 0.3) is 0 Å². The maximum Gasteiger partial charge on any atom is 0.0642 e. The van der Waals surface area contributed by atoms with Gasteiger partial charge >= 0.3 is 0 Å². The van der Waals surface area contributed by atoms with E-state index < -0.39 is 0 Å². The first kappa shape index (κ1) is 6.39. The zero-order valence-electron chi connectivity index (χ0n) is 4.58. The lowest BCUT2D eigenvalue weighted by atomic mass is 10.2. The lowest BCUT2D eigenvalue weighted by Crippen LogP contribution is -2.08. The van der Waals surface area contributed by atoms with Crippen molar-refractivity contribution in [1.82, 2.24) is 0 Å². The maximum atomic E-state index is 8.90. The summed E-state index contributed by atoms with van der Waals surface area (Å²) in [7, 11) is 0. The van der Waals surface area contributed by atoms with Crippen LogP contribution in [-0.4, -0.2) is 33.9 Å². The molecule has 0 spiro atoms. The molecule has 0 aromatic heterocycles. The zero-order chi connectivity index (χ0) is 5.98. The summed E-state index contributed by atoms with van der Waals surface area (Å²) in [5.74, 6) is 0.797. The minimum absolute atomic E-state index is 0.169. The monoisotopic (exact) mass is 134 g/mol. The van der Waals surface area contributed by atoms with Crippen LogP contribution in [0.2, 0.25) is 0 Å². The molecule has 1 fully saturated rings. The van der Waals surface area contributed by atoms with Crippen molar-refractivity contribution in [3.05, 3.63) is 0 Å². The molecule has 2 atom stereocenters. The first-order chi connectivity index (χ1) is 3.83. The van der Waals surface area contributed by atoms with Crippen LogP contribution in [-0.2, 0) is 0 Å². The Morgan fingerprint density at radius 3 is 2.62 bits per heavy atom. The van der Waals surface area contributed by atoms with Gasteiger partial charge < -0.3 is 10.2 Å². The summed E-state index contributed by atoms with van der Waals surface area (Å²) >= 11 is 1.65. The summed E-state index contributed by atoms with van der Waals surface area (Å²) in [6, 6.07) is 0. The van der Waals surface area contributed by atoms with Gasteiger partial charge in [-0.1, -0.05) is 0 Å². The van der Waals surface area contributed by atoms with E-state index in [2.05, 4.69) is 0 Å². The van der Waals surface area contributed by atoms with E-state index in [0.717, 1.165) is 12.2 Å². The van der Waals surface area contributed by atoms with Gasteiger partial charge in [0.1, 0.15) is 0 Å². The van der Waals surface area contributed by atoms with E-state index in [1.165, 1.54) is 0 Å². The Bertz CT molecular complexity index is 76.8. The Labute approximate surface area is 52.9 Å². The van der Waals surface area contributed by atoms with E-state index in [0.29, 0.717) is 5.25 Å². The molecule has 1 saturated heterocycles. The number of aliphatic hydroxyl groups is 2. The molecule has 0 radical (unpaired) electrons. The van der Waals surface area contributed by atoms with Crippen molar-refractivity contribution in [2.24, 2.45) is 0 Å². The average Bonchev–Trinajstić information content (AvgIpc) is 2.14. The Kier molecular flexibility index (Phi) is 2.16. The summed E-state index contributed by atoms with van der Waals surface area (Å²) in [6.07, 6.45) is 0.596. The van der Waals surface area contributed by atoms with Gasteiger partial charge in [0.15, 0.2) is 0 Å². The lowest BCUT2D eigenvalue weighted by Gasteiger charge is -1.99. The Morgan fingerprint density at radius 2 is 2.38 bits per heavy atom. The number of rotatable bonds is 1. The molecule has 0 aromatic rings. The van der Waals surface area contributed by atoms with Crippen molar-refractivity contribution >= 4 is 11.8 Å². The minimum Gasteiger partial charge on any atom is -0.395 e. The molecule has 3 heteroatoms. The van der Waals surface area contributed by atoms with Crippen LogP contribution in [0, 0.1) is 0 Å². The number of hydrogen-bond acceptors (Lipinski definition) is 3. The summed E-state index contributed by atoms with van der Waals surface area (Å²) in [5, 5.41) is 17.7. The standard InChI is InChI=1S/C5H10O2S/c6-2-5-1-4(7)3-8-5/h4-7H,1-3H2/t4-,5?/m0/s1. The SMILES string of the molecule is OCC1C[C@H](O)CS1. The van der Waals surface area contributed by atoms with E-state index in [1.54, 1.807) is 11.8 Å². The molecule has 8 heavy (non-hydrogen) atoms. The van der Waals surface area contributed by atoms with Crippen LogP contribution in [0.15, 0.2) is 0 Å². The third-order valence-electron chi connectivity index (χ3n) is 1.26. The summed E-state index contributed by atoms with van der Waals surface area (Å²) in [5.41, 5.74) is 0. The lowest BCUT2D eigenvalue weighted by molar-refractivity contribution is 0.184. The number of thioether (sulfide) groups is 1. The van der Waals surface area contributed by atoms with Crippen molar-refractivity contribution in [3.63, 3.8) is 0 Å². The van der Waals surface area contributed by atoms with Crippen molar-refractivity contribution < 1.29 is 10.2 Å². The molecule has 2 nitrogen and oxygen atoms in total. The summed E-state index contributed by atoms with van der Waals surface area (Å²) in [4.78, 5) is 0. The first-order valence-electron chi connectivity index (χ1n) is 2.73. The fraction of sp³-hybridized carbons (Fsp3) is 1.00. The second-order valence-electron chi connectivity index (χ2n) is 2.03. The van der Waals surface area contributed by atoms with Crippen LogP contribution in [0.5, 0.6) is 0 Å². The molecule has 1 unspecified atom stereocenters. The predicted octanol–water partition coefficient (Wildman–Crippen LogP) is -0.155. The highest BCUT2D eigenvalue weighted by atomic mass is 32.2. The molecule has 1 aliphatic rings. The van der Waals surface area contributed by atoms with Crippen LogP contribution in [0.3, 0.4) is 0 Å². The van der Waals surface area contributed by atoms with Crippen LogP contribution >= 0.6 is 11.8 Å². The fourth-order valence-corrected chi connectivity index (χ4v) is 1.91. The van der Waals surface area contributed by atoms with Crippen LogP contribution in [0.1, 0.15) is 6.42 Å². The van der Waals surface area contributed by atoms with Crippen molar-refractivity contribution in [1.29, 1.82) is 0 Å². The highest BCUT2D eigenvalue weighted by molar-refractivity contribution is 8.00. The molecule has 2 N–H and O–H groups in total. The molecule has 0 amide bonds. The van der Waals surface area contributed by atoms with Crippen molar-refractivity contribution in [2.75, 3.05) is 12.4 Å². The van der Waals surface area contributed by atoms with Crippen molar-refractivity contribution in [2.45, 2.75) is 17.8 Å². The number of hydrogen-bond donors (Lipinski definition) is 2. The molecule has 0 aromatic carbocycles. The molecule has 1 aliphatic heterocycles. The van der Waals surface area contributed by atoms with E-state index >= 15 is 0 Å². The molecular formula is C5H10O2S. The van der Waals surface area contributed by atoms with Gasteiger partial charge in [0.2, 0.25) is 0 Å².